The molecule has 0 aromatic heterocycles. The summed E-state index contributed by atoms with van der Waals surface area (Å²) in [6.45, 7) is 5.66. The van der Waals surface area contributed by atoms with E-state index in [1.807, 2.05) is 12.1 Å². The second-order valence-electron chi connectivity index (χ2n) is 6.27. The fourth-order valence-corrected chi connectivity index (χ4v) is 2.60. The Balaban J connectivity index is 0.00000200. The third-order valence-corrected chi connectivity index (χ3v) is 3.99. The molecule has 0 heterocycles. The lowest BCUT2D eigenvalue weighted by molar-refractivity contribution is 0.281. The first-order valence-corrected chi connectivity index (χ1v) is 7.61. The summed E-state index contributed by atoms with van der Waals surface area (Å²) >= 11 is 0. The summed E-state index contributed by atoms with van der Waals surface area (Å²) in [4.78, 5) is 0. The van der Waals surface area contributed by atoms with Crippen molar-refractivity contribution in [2.45, 2.75) is 58.7 Å². The van der Waals surface area contributed by atoms with E-state index in [-0.39, 0.29) is 19.0 Å². The summed E-state index contributed by atoms with van der Waals surface area (Å²) in [6, 6.07) is 8.92. The molecule has 1 aromatic rings. The molecule has 0 radical (unpaired) electrons. The monoisotopic (exact) mass is 297 g/mol. The molecule has 0 spiro atoms. The van der Waals surface area contributed by atoms with Crippen molar-refractivity contribution >= 4 is 12.4 Å². The van der Waals surface area contributed by atoms with E-state index in [1.165, 1.54) is 31.2 Å². The minimum absolute atomic E-state index is 0. The molecule has 2 rings (SSSR count). The van der Waals surface area contributed by atoms with Gasteiger partial charge in [0.15, 0.2) is 0 Å². The summed E-state index contributed by atoms with van der Waals surface area (Å²) in [5, 5.41) is 12.9. The van der Waals surface area contributed by atoms with Crippen LogP contribution in [-0.2, 0) is 13.2 Å². The number of nitrogens with one attached hydrogen (secondary N) is 1. The molecule has 1 aliphatic carbocycles. The van der Waals surface area contributed by atoms with E-state index < -0.39 is 0 Å². The Labute approximate surface area is 129 Å². The third-order valence-electron chi connectivity index (χ3n) is 3.99. The molecule has 1 atom stereocenters. The van der Waals surface area contributed by atoms with Crippen molar-refractivity contribution < 1.29 is 5.11 Å². The molecule has 1 unspecified atom stereocenters. The zero-order chi connectivity index (χ0) is 13.7. The highest BCUT2D eigenvalue weighted by Gasteiger charge is 2.30. The predicted octanol–water partition coefficient (Wildman–Crippen LogP) is 3.91. The molecule has 1 aromatic carbocycles. The smallest absolute Gasteiger partial charge is 0.0681 e. The highest BCUT2D eigenvalue weighted by Crippen LogP contribution is 2.35. The van der Waals surface area contributed by atoms with Crippen LogP contribution in [0.25, 0.3) is 0 Å². The lowest BCUT2D eigenvalue weighted by Crippen LogP contribution is -2.31. The molecule has 0 amide bonds. The zero-order valence-electron chi connectivity index (χ0n) is 12.6. The number of hydrogen-bond donors (Lipinski definition) is 2. The number of halogens is 1. The Kier molecular flexibility index (Phi) is 7.57. The van der Waals surface area contributed by atoms with Gasteiger partial charge in [0.1, 0.15) is 0 Å². The molecule has 1 fully saturated rings. The molecule has 0 aliphatic heterocycles. The summed E-state index contributed by atoms with van der Waals surface area (Å²) in [6.07, 6.45) is 5.39. The van der Waals surface area contributed by atoms with Gasteiger partial charge in [-0.3, -0.25) is 0 Å². The van der Waals surface area contributed by atoms with Gasteiger partial charge in [0.2, 0.25) is 0 Å². The van der Waals surface area contributed by atoms with Gasteiger partial charge in [0.25, 0.3) is 0 Å². The highest BCUT2D eigenvalue weighted by atomic mass is 35.5. The average Bonchev–Trinajstić information content (AvgIpc) is 3.23. The van der Waals surface area contributed by atoms with Crippen LogP contribution in [0.15, 0.2) is 24.3 Å². The topological polar surface area (TPSA) is 32.3 Å². The zero-order valence-corrected chi connectivity index (χ0v) is 13.5. The summed E-state index contributed by atoms with van der Waals surface area (Å²) in [5.41, 5.74) is 2.28. The third kappa shape index (κ3) is 5.82. The van der Waals surface area contributed by atoms with Gasteiger partial charge in [-0.25, -0.2) is 0 Å². The Bertz CT molecular complexity index is 390. The summed E-state index contributed by atoms with van der Waals surface area (Å²) in [5.74, 6) is 1.69. The first-order valence-electron chi connectivity index (χ1n) is 7.61. The first-order chi connectivity index (χ1) is 9.19. The lowest BCUT2D eigenvalue weighted by atomic mass is 10.00. The van der Waals surface area contributed by atoms with E-state index in [1.54, 1.807) is 0 Å². The van der Waals surface area contributed by atoms with Crippen molar-refractivity contribution in [2.75, 3.05) is 0 Å². The van der Waals surface area contributed by atoms with Crippen molar-refractivity contribution in [2.24, 2.45) is 11.8 Å². The van der Waals surface area contributed by atoms with Crippen LogP contribution in [0.3, 0.4) is 0 Å². The molecule has 0 bridgehead atoms. The van der Waals surface area contributed by atoms with Crippen molar-refractivity contribution in [3.8, 4) is 0 Å². The van der Waals surface area contributed by atoms with Gasteiger partial charge < -0.3 is 10.4 Å². The van der Waals surface area contributed by atoms with E-state index >= 15 is 0 Å². The van der Waals surface area contributed by atoms with E-state index in [0.29, 0.717) is 6.04 Å². The van der Waals surface area contributed by atoms with Crippen LogP contribution in [0.5, 0.6) is 0 Å². The van der Waals surface area contributed by atoms with Crippen LogP contribution >= 0.6 is 12.4 Å². The molecule has 2 nitrogen and oxygen atoms in total. The molecule has 1 saturated carbocycles. The number of benzene rings is 1. The van der Waals surface area contributed by atoms with Crippen LogP contribution in [0.1, 0.15) is 50.7 Å². The van der Waals surface area contributed by atoms with Crippen LogP contribution in [0.4, 0.5) is 0 Å². The maximum absolute atomic E-state index is 9.16. The second-order valence-corrected chi connectivity index (χ2v) is 6.27. The number of rotatable bonds is 8. The van der Waals surface area contributed by atoms with E-state index in [4.69, 9.17) is 5.11 Å². The molecular formula is C17H28ClNO. The van der Waals surface area contributed by atoms with Gasteiger partial charge in [-0.2, -0.15) is 0 Å². The van der Waals surface area contributed by atoms with Crippen molar-refractivity contribution in [3.63, 3.8) is 0 Å². The fraction of sp³-hybridized carbons (Fsp3) is 0.647. The van der Waals surface area contributed by atoms with Crippen molar-refractivity contribution in [1.82, 2.24) is 5.32 Å². The maximum Gasteiger partial charge on any atom is 0.0681 e. The van der Waals surface area contributed by atoms with Crippen LogP contribution < -0.4 is 5.32 Å². The largest absolute Gasteiger partial charge is 0.392 e. The standard InChI is InChI=1S/C17H27NO.ClH/c1-13(2)6-9-17(16-7-8-16)18-11-14-4-3-5-15(10-14)12-19;/h3-5,10,13,16-19H,6-9,11-12H2,1-2H3;1H. The van der Waals surface area contributed by atoms with E-state index in [9.17, 15) is 0 Å². The summed E-state index contributed by atoms with van der Waals surface area (Å²) < 4.78 is 0. The maximum atomic E-state index is 9.16. The molecule has 2 N–H and O–H groups in total. The SMILES string of the molecule is CC(C)CCC(NCc1cccc(CO)c1)C1CC1.Cl. The minimum Gasteiger partial charge on any atom is -0.392 e. The Morgan fingerprint density at radius 3 is 2.50 bits per heavy atom. The van der Waals surface area contributed by atoms with Crippen molar-refractivity contribution in [3.05, 3.63) is 35.4 Å². The fourth-order valence-electron chi connectivity index (χ4n) is 2.60. The van der Waals surface area contributed by atoms with E-state index in [2.05, 4.69) is 31.3 Å². The molecular weight excluding hydrogens is 270 g/mol. The van der Waals surface area contributed by atoms with Crippen LogP contribution in [-0.4, -0.2) is 11.1 Å². The number of hydrogen-bond acceptors (Lipinski definition) is 2. The van der Waals surface area contributed by atoms with Gasteiger partial charge in [-0.1, -0.05) is 38.1 Å². The molecule has 1 aliphatic rings. The van der Waals surface area contributed by atoms with Gasteiger partial charge in [-0.05, 0) is 48.6 Å². The molecule has 20 heavy (non-hydrogen) atoms. The normalized spacial score (nSPS) is 16.0. The van der Waals surface area contributed by atoms with Gasteiger partial charge >= 0.3 is 0 Å². The highest BCUT2D eigenvalue weighted by molar-refractivity contribution is 5.85. The first kappa shape index (κ1) is 17.5. The lowest BCUT2D eigenvalue weighted by Gasteiger charge is -2.19. The summed E-state index contributed by atoms with van der Waals surface area (Å²) in [7, 11) is 0. The van der Waals surface area contributed by atoms with Gasteiger partial charge in [-0.15, -0.1) is 12.4 Å². The Morgan fingerprint density at radius 2 is 1.90 bits per heavy atom. The molecule has 114 valence electrons. The Morgan fingerprint density at radius 1 is 1.20 bits per heavy atom. The second kappa shape index (κ2) is 8.66. The van der Waals surface area contributed by atoms with Crippen LogP contribution in [0, 0.1) is 11.8 Å². The molecule has 0 saturated heterocycles. The van der Waals surface area contributed by atoms with Crippen molar-refractivity contribution in [1.29, 1.82) is 0 Å². The number of aliphatic hydroxyl groups excluding tert-OH is 1. The van der Waals surface area contributed by atoms with Gasteiger partial charge in [0, 0.05) is 12.6 Å². The Hall–Kier alpha value is -0.570. The van der Waals surface area contributed by atoms with Crippen LogP contribution in [0.2, 0.25) is 0 Å². The predicted molar refractivity (Wildman–Crippen MR) is 87.0 cm³/mol. The quantitative estimate of drug-likeness (QED) is 0.762. The minimum atomic E-state index is 0. The van der Waals surface area contributed by atoms with Gasteiger partial charge in [0.05, 0.1) is 6.61 Å². The van der Waals surface area contributed by atoms with E-state index in [0.717, 1.165) is 23.9 Å². The molecule has 3 heteroatoms. The average molecular weight is 298 g/mol. The number of aliphatic hydroxyl groups is 1.